The van der Waals surface area contributed by atoms with E-state index in [0.717, 1.165) is 13.1 Å². The third-order valence-corrected chi connectivity index (χ3v) is 3.44. The smallest absolute Gasteiger partial charge is 0.120 e. The maximum absolute atomic E-state index is 10.1. The van der Waals surface area contributed by atoms with Crippen molar-refractivity contribution >= 4 is 11.6 Å². The lowest BCUT2D eigenvalue weighted by atomic mass is 10.2. The first-order valence-electron chi connectivity index (χ1n) is 6.97. The molecule has 112 valence electrons. The Morgan fingerprint density at radius 1 is 1.40 bits per heavy atom. The summed E-state index contributed by atoms with van der Waals surface area (Å²) >= 11 is 5.88. The number of nitrogens with zero attached hydrogens (tertiary/aromatic N) is 1. The fourth-order valence-electron chi connectivity index (χ4n) is 2.53. The molecule has 0 spiro atoms. The van der Waals surface area contributed by atoms with E-state index in [4.69, 9.17) is 21.1 Å². The van der Waals surface area contributed by atoms with E-state index in [0.29, 0.717) is 17.3 Å². The van der Waals surface area contributed by atoms with Crippen molar-refractivity contribution in [3.8, 4) is 5.75 Å². The van der Waals surface area contributed by atoms with Gasteiger partial charge in [-0.25, -0.2) is 0 Å². The second-order valence-electron chi connectivity index (χ2n) is 5.40. The van der Waals surface area contributed by atoms with Gasteiger partial charge in [-0.15, -0.1) is 0 Å². The molecule has 0 aliphatic carbocycles. The monoisotopic (exact) mass is 299 g/mol. The van der Waals surface area contributed by atoms with Crippen LogP contribution in [0.15, 0.2) is 24.3 Å². The van der Waals surface area contributed by atoms with Gasteiger partial charge in [-0.2, -0.15) is 0 Å². The highest BCUT2D eigenvalue weighted by Crippen LogP contribution is 2.17. The Hall–Kier alpha value is -0.810. The molecule has 0 radical (unpaired) electrons. The number of aliphatic hydroxyl groups is 1. The average Bonchev–Trinajstić information content (AvgIpc) is 2.35. The molecule has 3 atom stereocenters. The van der Waals surface area contributed by atoms with Crippen molar-refractivity contribution < 1.29 is 14.6 Å². The molecule has 1 N–H and O–H groups in total. The van der Waals surface area contributed by atoms with Gasteiger partial charge in [-0.1, -0.05) is 17.7 Å². The second-order valence-corrected chi connectivity index (χ2v) is 5.83. The largest absolute Gasteiger partial charge is 0.491 e. The molecule has 3 unspecified atom stereocenters. The maximum Gasteiger partial charge on any atom is 0.120 e. The number of aliphatic hydroxyl groups excluding tert-OH is 1. The zero-order chi connectivity index (χ0) is 14.5. The summed E-state index contributed by atoms with van der Waals surface area (Å²) in [4.78, 5) is 2.21. The van der Waals surface area contributed by atoms with Crippen molar-refractivity contribution in [2.24, 2.45) is 0 Å². The normalized spacial score (nSPS) is 25.4. The molecule has 0 saturated carbocycles. The van der Waals surface area contributed by atoms with Crippen LogP contribution < -0.4 is 4.74 Å². The van der Waals surface area contributed by atoms with E-state index in [9.17, 15) is 5.11 Å². The highest BCUT2D eigenvalue weighted by atomic mass is 35.5. The van der Waals surface area contributed by atoms with E-state index in [1.807, 2.05) is 12.1 Å². The van der Waals surface area contributed by atoms with Gasteiger partial charge in [0.25, 0.3) is 0 Å². The number of β-amino-alcohol motifs (C(OH)–C–C–N with tert-alkyl or cyclic N) is 1. The van der Waals surface area contributed by atoms with Gasteiger partial charge >= 0.3 is 0 Å². The number of hydrogen-bond donors (Lipinski definition) is 1. The Balaban J connectivity index is 1.76. The van der Waals surface area contributed by atoms with Gasteiger partial charge in [0, 0.05) is 24.7 Å². The first-order valence-corrected chi connectivity index (χ1v) is 7.35. The molecule has 2 rings (SSSR count). The molecule has 20 heavy (non-hydrogen) atoms. The van der Waals surface area contributed by atoms with Gasteiger partial charge in [0.2, 0.25) is 0 Å². The lowest BCUT2D eigenvalue weighted by Crippen LogP contribution is -2.48. The van der Waals surface area contributed by atoms with Crippen molar-refractivity contribution in [3.63, 3.8) is 0 Å². The minimum Gasteiger partial charge on any atom is -0.491 e. The van der Waals surface area contributed by atoms with E-state index in [1.54, 1.807) is 12.1 Å². The quantitative estimate of drug-likeness (QED) is 0.905. The summed E-state index contributed by atoms with van der Waals surface area (Å²) in [5, 5.41) is 10.7. The Morgan fingerprint density at radius 2 is 2.10 bits per heavy atom. The molecule has 1 aliphatic rings. The van der Waals surface area contributed by atoms with Gasteiger partial charge in [0.15, 0.2) is 0 Å². The molecule has 0 aromatic heterocycles. The van der Waals surface area contributed by atoms with Crippen LogP contribution in [0.5, 0.6) is 5.75 Å². The summed E-state index contributed by atoms with van der Waals surface area (Å²) in [7, 11) is 0. The van der Waals surface area contributed by atoms with Crippen molar-refractivity contribution in [1.82, 2.24) is 4.90 Å². The molecule has 4 nitrogen and oxygen atoms in total. The summed E-state index contributed by atoms with van der Waals surface area (Å²) in [6, 6.07) is 7.20. The van der Waals surface area contributed by atoms with Gasteiger partial charge in [0.05, 0.1) is 12.2 Å². The number of hydrogen-bond acceptors (Lipinski definition) is 4. The molecule has 1 heterocycles. The minimum atomic E-state index is -0.522. The van der Waals surface area contributed by atoms with Crippen LogP contribution in [0, 0.1) is 0 Å². The van der Waals surface area contributed by atoms with E-state index in [-0.39, 0.29) is 18.8 Å². The number of ether oxygens (including phenoxy) is 2. The SMILES string of the molecule is CC1CN(CC(O)COc2cccc(Cl)c2)CC(C)O1. The zero-order valence-electron chi connectivity index (χ0n) is 12.0. The van der Waals surface area contributed by atoms with Gasteiger partial charge in [-0.05, 0) is 32.0 Å². The lowest BCUT2D eigenvalue weighted by Gasteiger charge is -2.36. The van der Waals surface area contributed by atoms with Crippen molar-refractivity contribution in [1.29, 1.82) is 0 Å². The number of rotatable bonds is 5. The Bertz CT molecular complexity index is 419. The summed E-state index contributed by atoms with van der Waals surface area (Å²) in [5.41, 5.74) is 0. The fraction of sp³-hybridized carbons (Fsp3) is 0.600. The first kappa shape index (κ1) is 15.6. The van der Waals surface area contributed by atoms with Crippen LogP contribution >= 0.6 is 11.6 Å². The Morgan fingerprint density at radius 3 is 2.75 bits per heavy atom. The summed E-state index contributed by atoms with van der Waals surface area (Å²) in [5.74, 6) is 0.681. The summed E-state index contributed by atoms with van der Waals surface area (Å²) < 4.78 is 11.2. The standard InChI is InChI=1S/C15H22ClNO3/c1-11-7-17(8-12(2)20-11)9-14(18)10-19-15-5-3-4-13(16)6-15/h3-6,11-12,14,18H,7-10H2,1-2H3. The molecule has 1 aromatic carbocycles. The van der Waals surface area contributed by atoms with Gasteiger partial charge in [-0.3, -0.25) is 4.90 Å². The van der Waals surface area contributed by atoms with Crippen molar-refractivity contribution in [2.75, 3.05) is 26.2 Å². The van der Waals surface area contributed by atoms with Crippen molar-refractivity contribution in [2.45, 2.75) is 32.2 Å². The van der Waals surface area contributed by atoms with Crippen LogP contribution in [0.25, 0.3) is 0 Å². The molecule has 0 bridgehead atoms. The Kier molecular flexibility index (Phi) is 5.66. The van der Waals surface area contributed by atoms with Gasteiger partial charge < -0.3 is 14.6 Å². The molecule has 0 amide bonds. The third-order valence-electron chi connectivity index (χ3n) is 3.20. The van der Waals surface area contributed by atoms with Crippen LogP contribution in [0.2, 0.25) is 5.02 Å². The number of halogens is 1. The maximum atomic E-state index is 10.1. The molecule has 1 fully saturated rings. The van der Waals surface area contributed by atoms with Crippen LogP contribution in [0.4, 0.5) is 0 Å². The van der Waals surface area contributed by atoms with E-state index in [2.05, 4.69) is 18.7 Å². The van der Waals surface area contributed by atoms with Gasteiger partial charge in [0.1, 0.15) is 18.5 Å². The topological polar surface area (TPSA) is 41.9 Å². The summed E-state index contributed by atoms with van der Waals surface area (Å²) in [6.07, 6.45) is -0.105. The fourth-order valence-corrected chi connectivity index (χ4v) is 2.71. The highest BCUT2D eigenvalue weighted by molar-refractivity contribution is 6.30. The predicted octanol–water partition coefficient (Wildman–Crippen LogP) is 2.19. The summed E-state index contributed by atoms with van der Waals surface area (Å²) in [6.45, 7) is 6.66. The van der Waals surface area contributed by atoms with E-state index in [1.165, 1.54) is 0 Å². The molecule has 1 saturated heterocycles. The minimum absolute atomic E-state index is 0.208. The van der Waals surface area contributed by atoms with Crippen LogP contribution in [0.1, 0.15) is 13.8 Å². The van der Waals surface area contributed by atoms with Crippen LogP contribution in [0.3, 0.4) is 0 Å². The number of morpholine rings is 1. The Labute approximate surface area is 125 Å². The predicted molar refractivity (Wildman–Crippen MR) is 79.4 cm³/mol. The second kappa shape index (κ2) is 7.27. The van der Waals surface area contributed by atoms with Crippen molar-refractivity contribution in [3.05, 3.63) is 29.3 Å². The lowest BCUT2D eigenvalue weighted by molar-refractivity contribution is -0.0786. The first-order chi connectivity index (χ1) is 9.52. The third kappa shape index (κ3) is 4.94. The molecule has 5 heteroatoms. The van der Waals surface area contributed by atoms with E-state index >= 15 is 0 Å². The van der Waals surface area contributed by atoms with E-state index < -0.39 is 6.10 Å². The molecular formula is C15H22ClNO3. The van der Waals surface area contributed by atoms with Crippen LogP contribution in [-0.2, 0) is 4.74 Å². The zero-order valence-corrected chi connectivity index (χ0v) is 12.7. The number of benzene rings is 1. The molecule has 1 aliphatic heterocycles. The average molecular weight is 300 g/mol. The highest BCUT2D eigenvalue weighted by Gasteiger charge is 2.23. The van der Waals surface area contributed by atoms with Crippen LogP contribution in [-0.4, -0.2) is 54.6 Å². The molecular weight excluding hydrogens is 278 g/mol. The molecule has 1 aromatic rings.